The largest absolute Gasteiger partial charge is 0.457 e. The van der Waals surface area contributed by atoms with Gasteiger partial charge in [0.2, 0.25) is 11.7 Å². The highest BCUT2D eigenvalue weighted by Crippen LogP contribution is 2.60. The van der Waals surface area contributed by atoms with Crippen molar-refractivity contribution in [3.05, 3.63) is 21.9 Å². The lowest BCUT2D eigenvalue weighted by atomic mass is 9.49. The second-order valence-electron chi connectivity index (χ2n) is 9.05. The Morgan fingerprint density at radius 1 is 1.11 bits per heavy atom. The molecule has 0 spiro atoms. The molecule has 4 fully saturated rings. The van der Waals surface area contributed by atoms with Crippen molar-refractivity contribution in [1.29, 1.82) is 0 Å². The first-order chi connectivity index (χ1) is 13.4. The molecule has 5 rings (SSSR count). The fourth-order valence-corrected chi connectivity index (χ4v) is 6.68. The minimum atomic E-state index is -0.384. The van der Waals surface area contributed by atoms with Gasteiger partial charge in [-0.15, -0.1) is 11.3 Å². The summed E-state index contributed by atoms with van der Waals surface area (Å²) >= 11 is 1.41. The van der Waals surface area contributed by atoms with Gasteiger partial charge in [-0.2, -0.15) is 0 Å². The molecule has 4 bridgehead atoms. The molecule has 1 N–H and O–H groups in total. The molecule has 4 aliphatic carbocycles. The van der Waals surface area contributed by atoms with Crippen LogP contribution in [0.3, 0.4) is 0 Å². The van der Waals surface area contributed by atoms with E-state index in [4.69, 9.17) is 4.74 Å². The van der Waals surface area contributed by atoms with E-state index in [0.717, 1.165) is 41.9 Å². The number of rotatable bonds is 8. The number of ketones is 1. The zero-order valence-electron chi connectivity index (χ0n) is 16.5. The summed E-state index contributed by atoms with van der Waals surface area (Å²) in [6, 6.07) is 3.64. The van der Waals surface area contributed by atoms with Crippen LogP contribution in [0.25, 0.3) is 0 Å². The molecule has 0 aromatic carbocycles. The van der Waals surface area contributed by atoms with Crippen LogP contribution in [-0.4, -0.2) is 30.8 Å². The third-order valence-electron chi connectivity index (χ3n) is 6.74. The van der Waals surface area contributed by atoms with E-state index < -0.39 is 0 Å². The molecule has 0 aliphatic heterocycles. The number of nitrogens with one attached hydrogen (secondary N) is 1. The normalized spacial score (nSPS) is 30.2. The lowest BCUT2D eigenvalue weighted by Gasteiger charge is -2.55. The monoisotopic (exact) mass is 403 g/mol. The first-order valence-electron chi connectivity index (χ1n) is 10.5. The van der Waals surface area contributed by atoms with Gasteiger partial charge < -0.3 is 10.1 Å². The zero-order valence-corrected chi connectivity index (χ0v) is 17.3. The molecular weight excluding hydrogens is 374 g/mol. The number of hydrogen-bond acceptors (Lipinski definition) is 5. The van der Waals surface area contributed by atoms with Crippen LogP contribution in [0.2, 0.25) is 0 Å². The minimum Gasteiger partial charge on any atom is -0.457 e. The smallest absolute Gasteiger partial charge is 0.306 e. The third kappa shape index (κ3) is 4.17. The molecule has 1 aromatic rings. The summed E-state index contributed by atoms with van der Waals surface area (Å²) in [4.78, 5) is 38.4. The van der Waals surface area contributed by atoms with E-state index in [1.165, 1.54) is 30.6 Å². The van der Waals surface area contributed by atoms with Crippen molar-refractivity contribution < 1.29 is 19.1 Å². The number of ether oxygens (including phenoxy) is 1. The standard InChI is InChI=1S/C22H29NO4S/c1-14-4-5-19(28-14)18(24)13-27-20(25)3-2-6-23-21(26)22-10-15-7-16(11-22)9-17(8-15)12-22/h4-5,15-17H,2-3,6-13H2,1H3,(H,23,26). The van der Waals surface area contributed by atoms with Crippen LogP contribution in [0.5, 0.6) is 0 Å². The molecule has 0 atom stereocenters. The highest BCUT2D eigenvalue weighted by Gasteiger charge is 2.54. The molecule has 4 saturated carbocycles. The molecule has 6 heteroatoms. The Kier molecular flexibility index (Phi) is 5.59. The Labute approximate surface area is 170 Å². The number of Topliss-reactive ketones (excluding diaryl/α,β-unsaturated/α-hetero) is 1. The average molecular weight is 404 g/mol. The Morgan fingerprint density at radius 3 is 2.32 bits per heavy atom. The van der Waals surface area contributed by atoms with Crippen LogP contribution in [0, 0.1) is 30.1 Å². The topological polar surface area (TPSA) is 72.5 Å². The lowest BCUT2D eigenvalue weighted by Crippen LogP contribution is -2.53. The SMILES string of the molecule is Cc1ccc(C(=O)COC(=O)CCCNC(=O)C23CC4CC(CC(C4)C2)C3)s1. The number of carbonyl (C=O) groups excluding carboxylic acids is 3. The molecule has 28 heavy (non-hydrogen) atoms. The molecule has 1 heterocycles. The van der Waals surface area contributed by atoms with E-state index in [9.17, 15) is 14.4 Å². The quantitative estimate of drug-likeness (QED) is 0.406. The van der Waals surface area contributed by atoms with Crippen LogP contribution in [0.15, 0.2) is 12.1 Å². The average Bonchev–Trinajstić information content (AvgIpc) is 3.08. The van der Waals surface area contributed by atoms with Crippen molar-refractivity contribution in [2.45, 2.75) is 58.3 Å². The molecular formula is C22H29NO4S. The lowest BCUT2D eigenvalue weighted by molar-refractivity contribution is -0.147. The number of esters is 1. The highest BCUT2D eigenvalue weighted by atomic mass is 32.1. The maximum absolute atomic E-state index is 12.8. The fourth-order valence-electron chi connectivity index (χ4n) is 5.88. The zero-order chi connectivity index (χ0) is 19.7. The van der Waals surface area contributed by atoms with E-state index in [1.54, 1.807) is 6.07 Å². The van der Waals surface area contributed by atoms with Crippen molar-refractivity contribution in [2.24, 2.45) is 23.2 Å². The van der Waals surface area contributed by atoms with Crippen LogP contribution in [-0.2, 0) is 14.3 Å². The van der Waals surface area contributed by atoms with Gasteiger partial charge in [0.1, 0.15) is 0 Å². The molecule has 1 aromatic heterocycles. The van der Waals surface area contributed by atoms with Crippen molar-refractivity contribution in [1.82, 2.24) is 5.32 Å². The van der Waals surface area contributed by atoms with Gasteiger partial charge in [0, 0.05) is 23.3 Å². The summed E-state index contributed by atoms with van der Waals surface area (Å²) in [7, 11) is 0. The highest BCUT2D eigenvalue weighted by molar-refractivity contribution is 7.14. The van der Waals surface area contributed by atoms with Crippen molar-refractivity contribution in [3.8, 4) is 0 Å². The second kappa shape index (κ2) is 7.97. The van der Waals surface area contributed by atoms with Gasteiger partial charge in [-0.1, -0.05) is 0 Å². The Hall–Kier alpha value is -1.69. The van der Waals surface area contributed by atoms with Crippen LogP contribution < -0.4 is 5.32 Å². The van der Waals surface area contributed by atoms with E-state index >= 15 is 0 Å². The van der Waals surface area contributed by atoms with Gasteiger partial charge in [-0.3, -0.25) is 14.4 Å². The van der Waals surface area contributed by atoms with Crippen LogP contribution in [0.4, 0.5) is 0 Å². The predicted octanol–water partition coefficient (Wildman–Crippen LogP) is 3.90. The van der Waals surface area contributed by atoms with Gasteiger partial charge >= 0.3 is 5.97 Å². The first-order valence-corrected chi connectivity index (χ1v) is 11.3. The van der Waals surface area contributed by atoms with E-state index in [0.29, 0.717) is 17.8 Å². The van der Waals surface area contributed by atoms with Gasteiger partial charge in [-0.05, 0) is 81.8 Å². The van der Waals surface area contributed by atoms with Gasteiger partial charge in [0.15, 0.2) is 6.61 Å². The summed E-state index contributed by atoms with van der Waals surface area (Å²) in [5.41, 5.74) is -0.138. The Bertz CT molecular complexity index is 733. The first kappa shape index (κ1) is 19.6. The predicted molar refractivity (Wildman–Crippen MR) is 107 cm³/mol. The number of amides is 1. The van der Waals surface area contributed by atoms with E-state index in [1.807, 2.05) is 13.0 Å². The Balaban J connectivity index is 1.15. The van der Waals surface area contributed by atoms with Crippen LogP contribution >= 0.6 is 11.3 Å². The van der Waals surface area contributed by atoms with Crippen molar-refractivity contribution in [3.63, 3.8) is 0 Å². The summed E-state index contributed by atoms with van der Waals surface area (Å²) in [5, 5.41) is 3.08. The van der Waals surface area contributed by atoms with E-state index in [-0.39, 0.29) is 36.1 Å². The number of aryl methyl sites for hydroxylation is 1. The van der Waals surface area contributed by atoms with Gasteiger partial charge in [0.25, 0.3) is 0 Å². The van der Waals surface area contributed by atoms with Crippen molar-refractivity contribution >= 4 is 29.0 Å². The third-order valence-corrected chi connectivity index (χ3v) is 7.78. The molecule has 0 radical (unpaired) electrons. The maximum Gasteiger partial charge on any atom is 0.306 e. The second-order valence-corrected chi connectivity index (χ2v) is 10.3. The minimum absolute atomic E-state index is 0.138. The van der Waals surface area contributed by atoms with Crippen molar-refractivity contribution in [2.75, 3.05) is 13.2 Å². The summed E-state index contributed by atoms with van der Waals surface area (Å²) in [5.74, 6) is 1.89. The summed E-state index contributed by atoms with van der Waals surface area (Å²) in [6.07, 6.45) is 7.89. The number of hydrogen-bond donors (Lipinski definition) is 1. The molecule has 4 aliphatic rings. The van der Waals surface area contributed by atoms with Crippen LogP contribution in [0.1, 0.15) is 65.9 Å². The molecule has 5 nitrogen and oxygen atoms in total. The molecule has 0 unspecified atom stereocenters. The van der Waals surface area contributed by atoms with Gasteiger partial charge in [0.05, 0.1) is 4.88 Å². The fraction of sp³-hybridized carbons (Fsp3) is 0.682. The summed E-state index contributed by atoms with van der Waals surface area (Å²) < 4.78 is 5.08. The van der Waals surface area contributed by atoms with E-state index in [2.05, 4.69) is 5.32 Å². The number of thiophene rings is 1. The Morgan fingerprint density at radius 2 is 1.75 bits per heavy atom. The maximum atomic E-state index is 12.8. The molecule has 152 valence electrons. The molecule has 1 amide bonds. The van der Waals surface area contributed by atoms with Gasteiger partial charge in [-0.25, -0.2) is 0 Å². The number of carbonyl (C=O) groups is 3. The molecule has 0 saturated heterocycles. The summed E-state index contributed by atoms with van der Waals surface area (Å²) in [6.45, 7) is 2.22.